The first-order valence-electron chi connectivity index (χ1n) is 8.31. The zero-order valence-corrected chi connectivity index (χ0v) is 13.2. The Bertz CT molecular complexity index is 295. The summed E-state index contributed by atoms with van der Waals surface area (Å²) in [5, 5.41) is 0. The van der Waals surface area contributed by atoms with E-state index in [0.717, 1.165) is 37.9 Å². The normalized spacial score (nSPS) is 32.7. The Morgan fingerprint density at radius 1 is 1.10 bits per heavy atom. The molecule has 0 aromatic rings. The van der Waals surface area contributed by atoms with E-state index < -0.39 is 5.92 Å². The Morgan fingerprint density at radius 3 is 2.35 bits per heavy atom. The van der Waals surface area contributed by atoms with E-state index >= 15 is 0 Å². The van der Waals surface area contributed by atoms with Gasteiger partial charge in [0.25, 0.3) is 0 Å². The van der Waals surface area contributed by atoms with Gasteiger partial charge in [-0.3, -0.25) is 0 Å². The van der Waals surface area contributed by atoms with E-state index in [-0.39, 0.29) is 18.8 Å². The second-order valence-electron chi connectivity index (χ2n) is 7.68. The minimum atomic E-state index is -2.36. The zero-order valence-electron chi connectivity index (χ0n) is 13.2. The zero-order chi connectivity index (χ0) is 14.8. The predicted octanol–water partition coefficient (Wildman–Crippen LogP) is 5.15. The molecule has 1 aliphatic heterocycles. The van der Waals surface area contributed by atoms with Gasteiger partial charge in [-0.1, -0.05) is 20.8 Å². The number of ether oxygens (including phenoxy) is 1. The first-order chi connectivity index (χ1) is 9.35. The molecule has 1 saturated carbocycles. The molecule has 0 spiro atoms. The minimum Gasteiger partial charge on any atom is -0.381 e. The molecule has 2 fully saturated rings. The maximum atomic E-state index is 12.9. The van der Waals surface area contributed by atoms with E-state index in [0.29, 0.717) is 11.8 Å². The van der Waals surface area contributed by atoms with Crippen LogP contribution in [0.3, 0.4) is 0 Å². The Hall–Kier alpha value is -0.180. The van der Waals surface area contributed by atoms with Crippen molar-refractivity contribution >= 4 is 0 Å². The summed E-state index contributed by atoms with van der Waals surface area (Å²) in [6.45, 7) is 8.59. The van der Waals surface area contributed by atoms with Crippen LogP contribution >= 0.6 is 0 Å². The highest BCUT2D eigenvalue weighted by Gasteiger charge is 2.45. The number of halogens is 2. The van der Waals surface area contributed by atoms with Crippen LogP contribution in [0.2, 0.25) is 0 Å². The Kier molecular flexibility index (Phi) is 5.44. The largest absolute Gasteiger partial charge is 0.381 e. The van der Waals surface area contributed by atoms with E-state index in [9.17, 15) is 8.78 Å². The average molecular weight is 288 g/mol. The Morgan fingerprint density at radius 2 is 1.75 bits per heavy atom. The van der Waals surface area contributed by atoms with Crippen LogP contribution in [0.25, 0.3) is 0 Å². The van der Waals surface area contributed by atoms with Crippen LogP contribution < -0.4 is 0 Å². The molecule has 0 bridgehead atoms. The molecule has 3 unspecified atom stereocenters. The molecule has 1 saturated heterocycles. The van der Waals surface area contributed by atoms with Crippen molar-refractivity contribution in [3.05, 3.63) is 0 Å². The van der Waals surface area contributed by atoms with Crippen LogP contribution in [0.15, 0.2) is 0 Å². The molecule has 1 nitrogen and oxygen atoms in total. The van der Waals surface area contributed by atoms with Crippen LogP contribution in [0.5, 0.6) is 0 Å². The fourth-order valence-electron chi connectivity index (χ4n) is 4.05. The molecule has 0 amide bonds. The topological polar surface area (TPSA) is 9.23 Å². The highest BCUT2D eigenvalue weighted by molar-refractivity contribution is 4.87. The van der Waals surface area contributed by atoms with Gasteiger partial charge in [-0.15, -0.1) is 0 Å². The van der Waals surface area contributed by atoms with Gasteiger partial charge in [-0.2, -0.15) is 0 Å². The molecule has 0 N–H and O–H groups in total. The molecular formula is C17H30F2O. The van der Waals surface area contributed by atoms with Crippen molar-refractivity contribution in [2.24, 2.45) is 29.6 Å². The summed E-state index contributed by atoms with van der Waals surface area (Å²) in [7, 11) is 0. The molecule has 118 valence electrons. The molecule has 2 aliphatic rings. The quantitative estimate of drug-likeness (QED) is 0.680. The van der Waals surface area contributed by atoms with Crippen molar-refractivity contribution < 1.29 is 13.5 Å². The smallest absolute Gasteiger partial charge is 0.248 e. The second-order valence-corrected chi connectivity index (χ2v) is 7.68. The number of alkyl halides is 2. The van der Waals surface area contributed by atoms with Gasteiger partial charge >= 0.3 is 0 Å². The Balaban J connectivity index is 1.73. The first kappa shape index (κ1) is 16.2. The van der Waals surface area contributed by atoms with Crippen molar-refractivity contribution in [3.8, 4) is 0 Å². The summed E-state index contributed by atoms with van der Waals surface area (Å²) < 4.78 is 31.5. The number of hydrogen-bond donors (Lipinski definition) is 0. The molecule has 3 atom stereocenters. The molecule has 0 radical (unpaired) electrons. The lowest BCUT2D eigenvalue weighted by Crippen LogP contribution is -2.36. The van der Waals surface area contributed by atoms with Gasteiger partial charge in [-0.25, -0.2) is 8.78 Å². The van der Waals surface area contributed by atoms with Crippen molar-refractivity contribution in [3.63, 3.8) is 0 Å². The summed E-state index contributed by atoms with van der Waals surface area (Å²) in [6, 6.07) is 0. The highest BCUT2D eigenvalue weighted by atomic mass is 19.3. The average Bonchev–Trinajstić information content (AvgIpc) is 2.52. The lowest BCUT2D eigenvalue weighted by Gasteiger charge is -2.37. The van der Waals surface area contributed by atoms with Crippen molar-refractivity contribution in [1.29, 1.82) is 0 Å². The second kappa shape index (κ2) is 6.72. The molecule has 1 aliphatic carbocycles. The van der Waals surface area contributed by atoms with Gasteiger partial charge in [0.2, 0.25) is 5.92 Å². The fraction of sp³-hybridized carbons (Fsp3) is 1.00. The third-order valence-corrected chi connectivity index (χ3v) is 5.21. The van der Waals surface area contributed by atoms with Gasteiger partial charge in [0.15, 0.2) is 0 Å². The Labute approximate surface area is 122 Å². The number of rotatable bonds is 5. The highest BCUT2D eigenvalue weighted by Crippen LogP contribution is 2.46. The molecule has 0 aromatic carbocycles. The predicted molar refractivity (Wildman–Crippen MR) is 77.9 cm³/mol. The number of hydrogen-bond acceptors (Lipinski definition) is 1. The van der Waals surface area contributed by atoms with Crippen LogP contribution in [-0.4, -0.2) is 19.1 Å². The van der Waals surface area contributed by atoms with Crippen LogP contribution in [0.4, 0.5) is 8.78 Å². The summed E-state index contributed by atoms with van der Waals surface area (Å²) in [6.07, 6.45) is 4.78. The van der Waals surface area contributed by atoms with Crippen molar-refractivity contribution in [2.75, 3.05) is 13.2 Å². The van der Waals surface area contributed by atoms with Gasteiger partial charge in [0.1, 0.15) is 0 Å². The standard InChI is InChI=1S/C17H30F2O/c1-12(2)16-4-5-20-11-14(8-16)6-13(3)7-15-9-17(18,19)10-15/h12-16H,4-11H2,1-3H3. The van der Waals surface area contributed by atoms with Gasteiger partial charge in [0, 0.05) is 26.1 Å². The third kappa shape index (κ3) is 4.68. The maximum absolute atomic E-state index is 12.9. The summed E-state index contributed by atoms with van der Waals surface area (Å²) >= 11 is 0. The van der Waals surface area contributed by atoms with E-state index in [1.54, 1.807) is 0 Å². The van der Waals surface area contributed by atoms with Crippen molar-refractivity contribution in [1.82, 2.24) is 0 Å². The maximum Gasteiger partial charge on any atom is 0.248 e. The molecule has 1 heterocycles. The van der Waals surface area contributed by atoms with Gasteiger partial charge in [0.05, 0.1) is 0 Å². The SMILES string of the molecule is CC(CC1COCCC(C(C)C)C1)CC1CC(F)(F)C1. The van der Waals surface area contributed by atoms with E-state index in [4.69, 9.17) is 4.74 Å². The third-order valence-electron chi connectivity index (χ3n) is 5.21. The lowest BCUT2D eigenvalue weighted by atomic mass is 9.74. The van der Waals surface area contributed by atoms with E-state index in [2.05, 4.69) is 20.8 Å². The fourth-order valence-corrected chi connectivity index (χ4v) is 4.05. The monoisotopic (exact) mass is 288 g/mol. The summed E-state index contributed by atoms with van der Waals surface area (Å²) in [4.78, 5) is 0. The van der Waals surface area contributed by atoms with Crippen molar-refractivity contribution in [2.45, 2.75) is 65.2 Å². The van der Waals surface area contributed by atoms with Crippen LogP contribution in [0.1, 0.15) is 59.3 Å². The van der Waals surface area contributed by atoms with Gasteiger partial charge in [-0.05, 0) is 55.3 Å². The van der Waals surface area contributed by atoms with Crippen LogP contribution in [0, 0.1) is 29.6 Å². The molecular weight excluding hydrogens is 258 g/mol. The summed E-state index contributed by atoms with van der Waals surface area (Å²) in [5.41, 5.74) is 0. The first-order valence-corrected chi connectivity index (χ1v) is 8.31. The molecule has 2 rings (SSSR count). The van der Waals surface area contributed by atoms with E-state index in [1.807, 2.05) is 0 Å². The van der Waals surface area contributed by atoms with E-state index in [1.165, 1.54) is 12.8 Å². The lowest BCUT2D eigenvalue weighted by molar-refractivity contribution is -0.115. The van der Waals surface area contributed by atoms with Gasteiger partial charge < -0.3 is 4.74 Å². The molecule has 20 heavy (non-hydrogen) atoms. The summed E-state index contributed by atoms with van der Waals surface area (Å²) in [5.74, 6) is 0.560. The minimum absolute atomic E-state index is 0.118. The van der Waals surface area contributed by atoms with Crippen LogP contribution in [-0.2, 0) is 4.74 Å². The molecule has 0 aromatic heterocycles. The molecule has 3 heteroatoms.